The van der Waals surface area contributed by atoms with Crippen LogP contribution in [0.1, 0.15) is 0 Å². The smallest absolute Gasteiger partial charge is 0.255 e. The molecular formula is C11H9FN2OS. The highest BCUT2D eigenvalue weighted by atomic mass is 32.1. The van der Waals surface area contributed by atoms with E-state index in [0.717, 1.165) is 10.4 Å². The molecule has 16 heavy (non-hydrogen) atoms. The molecule has 1 aromatic carbocycles. The zero-order valence-electron chi connectivity index (χ0n) is 8.31. The summed E-state index contributed by atoms with van der Waals surface area (Å²) in [6, 6.07) is 7.20. The molecule has 2 aromatic rings. The van der Waals surface area contributed by atoms with E-state index >= 15 is 0 Å². The van der Waals surface area contributed by atoms with Crippen LogP contribution in [0.4, 0.5) is 10.1 Å². The quantitative estimate of drug-likeness (QED) is 0.890. The van der Waals surface area contributed by atoms with E-state index < -0.39 is 12.6 Å². The molecule has 1 heterocycles. The normalized spacial score (nSPS) is 10.1. The van der Waals surface area contributed by atoms with Crippen molar-refractivity contribution in [2.75, 3.05) is 12.0 Å². The minimum Gasteiger partial charge on any atom is -0.324 e. The van der Waals surface area contributed by atoms with Gasteiger partial charge in [-0.15, -0.1) is 11.3 Å². The summed E-state index contributed by atoms with van der Waals surface area (Å²) in [6.07, 6.45) is 1.78. The van der Waals surface area contributed by atoms with Crippen LogP contribution in [0.3, 0.4) is 0 Å². The van der Waals surface area contributed by atoms with Crippen molar-refractivity contribution < 1.29 is 9.18 Å². The molecule has 0 fully saturated rings. The Bertz CT molecular complexity index is 467. The summed E-state index contributed by atoms with van der Waals surface area (Å²) in [6.45, 7) is -1.00. The SMILES string of the molecule is O=C(CF)Nc1ccc(-c2cncs2)cc1. The van der Waals surface area contributed by atoms with Crippen molar-refractivity contribution in [3.63, 3.8) is 0 Å². The van der Waals surface area contributed by atoms with E-state index in [-0.39, 0.29) is 0 Å². The van der Waals surface area contributed by atoms with Gasteiger partial charge in [0.25, 0.3) is 5.91 Å². The van der Waals surface area contributed by atoms with Gasteiger partial charge in [0.2, 0.25) is 0 Å². The van der Waals surface area contributed by atoms with Crippen LogP contribution in [0, 0.1) is 0 Å². The highest BCUT2D eigenvalue weighted by Crippen LogP contribution is 2.24. The fourth-order valence-corrected chi connectivity index (χ4v) is 1.90. The van der Waals surface area contributed by atoms with Gasteiger partial charge in [-0.3, -0.25) is 9.78 Å². The lowest BCUT2D eigenvalue weighted by Crippen LogP contribution is -2.12. The second-order valence-electron chi connectivity index (χ2n) is 3.12. The van der Waals surface area contributed by atoms with Crippen LogP contribution < -0.4 is 5.32 Å². The van der Waals surface area contributed by atoms with Gasteiger partial charge in [-0.05, 0) is 17.7 Å². The van der Waals surface area contributed by atoms with Gasteiger partial charge in [-0.2, -0.15) is 0 Å². The van der Waals surface area contributed by atoms with Crippen LogP contribution in [0.5, 0.6) is 0 Å². The van der Waals surface area contributed by atoms with E-state index in [1.54, 1.807) is 35.2 Å². The van der Waals surface area contributed by atoms with E-state index in [1.807, 2.05) is 12.1 Å². The molecule has 0 saturated heterocycles. The first-order valence-corrected chi connectivity index (χ1v) is 5.52. The summed E-state index contributed by atoms with van der Waals surface area (Å²) in [4.78, 5) is 15.8. The van der Waals surface area contributed by atoms with Crippen molar-refractivity contribution >= 4 is 22.9 Å². The molecule has 3 nitrogen and oxygen atoms in total. The first kappa shape index (κ1) is 10.8. The molecule has 5 heteroatoms. The molecule has 0 aliphatic carbocycles. The molecule has 1 N–H and O–H groups in total. The standard InChI is InChI=1S/C11H9FN2OS/c12-5-11(15)14-9-3-1-8(2-4-9)10-6-13-7-16-10/h1-4,6-7H,5H2,(H,14,15). The van der Waals surface area contributed by atoms with E-state index in [9.17, 15) is 9.18 Å². The number of thiazole rings is 1. The topological polar surface area (TPSA) is 42.0 Å². The number of anilines is 1. The van der Waals surface area contributed by atoms with E-state index in [1.165, 1.54) is 0 Å². The highest BCUT2D eigenvalue weighted by Gasteiger charge is 2.02. The monoisotopic (exact) mass is 236 g/mol. The van der Waals surface area contributed by atoms with Crippen LogP contribution in [0.2, 0.25) is 0 Å². The largest absolute Gasteiger partial charge is 0.324 e. The number of hydrogen-bond acceptors (Lipinski definition) is 3. The maximum absolute atomic E-state index is 12.0. The molecule has 0 aliphatic rings. The maximum atomic E-state index is 12.0. The Morgan fingerprint density at radius 2 is 2.12 bits per heavy atom. The van der Waals surface area contributed by atoms with Gasteiger partial charge in [-0.25, -0.2) is 4.39 Å². The molecule has 1 amide bonds. The number of aromatic nitrogens is 1. The second kappa shape index (κ2) is 4.85. The number of nitrogens with zero attached hydrogens (tertiary/aromatic N) is 1. The minimum absolute atomic E-state index is 0.593. The van der Waals surface area contributed by atoms with E-state index in [2.05, 4.69) is 10.3 Å². The molecule has 0 bridgehead atoms. The second-order valence-corrected chi connectivity index (χ2v) is 4.01. The van der Waals surface area contributed by atoms with E-state index in [0.29, 0.717) is 5.69 Å². The lowest BCUT2D eigenvalue weighted by molar-refractivity contribution is -0.117. The fraction of sp³-hybridized carbons (Fsp3) is 0.0909. The van der Waals surface area contributed by atoms with Crippen LogP contribution in [0.25, 0.3) is 10.4 Å². The summed E-state index contributed by atoms with van der Waals surface area (Å²) in [7, 11) is 0. The van der Waals surface area contributed by atoms with Gasteiger partial charge in [0, 0.05) is 11.9 Å². The summed E-state index contributed by atoms with van der Waals surface area (Å²) >= 11 is 1.54. The number of alkyl halides is 1. The predicted octanol–water partition coefficient (Wildman–Crippen LogP) is 2.72. The van der Waals surface area contributed by atoms with Crippen molar-refractivity contribution in [1.29, 1.82) is 0 Å². The Labute approximate surface area is 96.0 Å². The first-order valence-electron chi connectivity index (χ1n) is 4.64. The van der Waals surface area contributed by atoms with Gasteiger partial charge in [0.1, 0.15) is 0 Å². The maximum Gasteiger partial charge on any atom is 0.255 e. The first-order chi connectivity index (χ1) is 7.79. The molecule has 2 rings (SSSR count). The van der Waals surface area contributed by atoms with Gasteiger partial charge in [0.15, 0.2) is 6.67 Å². The van der Waals surface area contributed by atoms with Gasteiger partial charge < -0.3 is 5.32 Å². The zero-order chi connectivity index (χ0) is 11.4. The van der Waals surface area contributed by atoms with Crippen molar-refractivity contribution in [2.24, 2.45) is 0 Å². The Kier molecular flexibility index (Phi) is 3.26. The number of halogens is 1. The predicted molar refractivity (Wildman–Crippen MR) is 62.2 cm³/mol. The summed E-state index contributed by atoms with van der Waals surface area (Å²) in [5.74, 6) is -0.634. The summed E-state index contributed by atoms with van der Waals surface area (Å²) < 4.78 is 12.0. The van der Waals surface area contributed by atoms with Crippen molar-refractivity contribution in [3.05, 3.63) is 36.0 Å². The Morgan fingerprint density at radius 1 is 1.38 bits per heavy atom. The molecule has 0 spiro atoms. The number of carbonyl (C=O) groups excluding carboxylic acids is 1. The van der Waals surface area contributed by atoms with E-state index in [4.69, 9.17) is 0 Å². The minimum atomic E-state index is -1.00. The molecule has 0 unspecified atom stereocenters. The number of rotatable bonds is 3. The Balaban J connectivity index is 2.14. The third-order valence-corrected chi connectivity index (χ3v) is 2.83. The van der Waals surface area contributed by atoms with Crippen molar-refractivity contribution in [2.45, 2.75) is 0 Å². The highest BCUT2D eigenvalue weighted by molar-refractivity contribution is 7.13. The fourth-order valence-electron chi connectivity index (χ4n) is 1.27. The molecule has 0 radical (unpaired) electrons. The molecule has 0 atom stereocenters. The summed E-state index contributed by atoms with van der Waals surface area (Å²) in [5.41, 5.74) is 3.38. The average Bonchev–Trinajstić information content (AvgIpc) is 2.83. The zero-order valence-corrected chi connectivity index (χ0v) is 9.13. The molecular weight excluding hydrogens is 227 g/mol. The number of amides is 1. The molecule has 82 valence electrons. The van der Waals surface area contributed by atoms with Crippen molar-refractivity contribution in [1.82, 2.24) is 4.98 Å². The van der Waals surface area contributed by atoms with Crippen LogP contribution in [0.15, 0.2) is 36.0 Å². The third-order valence-electron chi connectivity index (χ3n) is 2.01. The van der Waals surface area contributed by atoms with Crippen LogP contribution in [-0.4, -0.2) is 17.6 Å². The van der Waals surface area contributed by atoms with Gasteiger partial charge >= 0.3 is 0 Å². The van der Waals surface area contributed by atoms with Crippen LogP contribution in [-0.2, 0) is 4.79 Å². The molecule has 1 aromatic heterocycles. The molecule has 0 aliphatic heterocycles. The van der Waals surface area contributed by atoms with Crippen molar-refractivity contribution in [3.8, 4) is 10.4 Å². The number of benzene rings is 1. The summed E-state index contributed by atoms with van der Waals surface area (Å²) in [5, 5.41) is 2.44. The molecule has 0 saturated carbocycles. The number of hydrogen-bond donors (Lipinski definition) is 1. The lowest BCUT2D eigenvalue weighted by atomic mass is 10.2. The van der Waals surface area contributed by atoms with Crippen LogP contribution >= 0.6 is 11.3 Å². The number of nitrogens with one attached hydrogen (secondary N) is 1. The Morgan fingerprint density at radius 3 is 2.69 bits per heavy atom. The lowest BCUT2D eigenvalue weighted by Gasteiger charge is -2.03. The number of carbonyl (C=O) groups is 1. The van der Waals surface area contributed by atoms with Gasteiger partial charge in [-0.1, -0.05) is 12.1 Å². The average molecular weight is 236 g/mol. The Hall–Kier alpha value is -1.75. The third kappa shape index (κ3) is 2.43. The van der Waals surface area contributed by atoms with Gasteiger partial charge in [0.05, 0.1) is 10.4 Å².